The molecular weight excluding hydrogens is 290 g/mol. The molecule has 2 amide bonds. The van der Waals surface area contributed by atoms with Crippen LogP contribution >= 0.6 is 12.4 Å². The molecule has 114 valence electrons. The van der Waals surface area contributed by atoms with Gasteiger partial charge in [-0.25, -0.2) is 0 Å². The fraction of sp³-hybridized carbons (Fsp3) is 0.467. The molecule has 6 heteroatoms. The molecule has 21 heavy (non-hydrogen) atoms. The van der Waals surface area contributed by atoms with Gasteiger partial charge in [0.15, 0.2) is 0 Å². The third-order valence-corrected chi connectivity index (χ3v) is 4.02. The van der Waals surface area contributed by atoms with Crippen LogP contribution in [0.3, 0.4) is 0 Å². The van der Waals surface area contributed by atoms with Crippen molar-refractivity contribution in [2.75, 3.05) is 5.32 Å². The number of nitrogens with two attached hydrogens (primary N) is 1. The van der Waals surface area contributed by atoms with E-state index in [4.69, 9.17) is 5.73 Å². The lowest BCUT2D eigenvalue weighted by Crippen LogP contribution is -2.56. The maximum Gasteiger partial charge on any atom is 0.251 e. The van der Waals surface area contributed by atoms with Crippen molar-refractivity contribution < 1.29 is 9.59 Å². The number of benzene rings is 1. The van der Waals surface area contributed by atoms with Gasteiger partial charge in [-0.3, -0.25) is 9.59 Å². The summed E-state index contributed by atoms with van der Waals surface area (Å²) in [5.41, 5.74) is 6.54. The first-order chi connectivity index (χ1) is 9.57. The summed E-state index contributed by atoms with van der Waals surface area (Å²) in [5, 5.41) is 5.73. The van der Waals surface area contributed by atoms with Gasteiger partial charge in [0, 0.05) is 17.3 Å². The normalized spacial score (nSPS) is 18.9. The number of rotatable bonds is 4. The van der Waals surface area contributed by atoms with Crippen LogP contribution in [0.15, 0.2) is 24.3 Å². The first kappa shape index (κ1) is 15.8. The molecule has 0 aromatic heterocycles. The van der Waals surface area contributed by atoms with Gasteiger partial charge >= 0.3 is 0 Å². The van der Waals surface area contributed by atoms with E-state index in [0.29, 0.717) is 17.3 Å². The van der Waals surface area contributed by atoms with Crippen LogP contribution in [0.1, 0.15) is 42.5 Å². The number of carbonyl (C=O) groups is 2. The second kappa shape index (κ2) is 6.03. The highest BCUT2D eigenvalue weighted by Crippen LogP contribution is 2.30. The Kier molecular flexibility index (Phi) is 4.54. The van der Waals surface area contributed by atoms with Gasteiger partial charge in [-0.2, -0.15) is 0 Å². The first-order valence-electron chi connectivity index (χ1n) is 7.08. The van der Waals surface area contributed by atoms with Crippen molar-refractivity contribution >= 4 is 29.9 Å². The summed E-state index contributed by atoms with van der Waals surface area (Å²) >= 11 is 0. The standard InChI is InChI=1S/C15H19N3O2.ClH/c16-15(8-1-9-15)14(20)18-12-4-2-10(3-5-12)13(19)17-11-6-7-11;/h2-5,11H,1,6-9,16H2,(H,17,19)(H,18,20);1H. The average molecular weight is 310 g/mol. The quantitative estimate of drug-likeness (QED) is 0.793. The fourth-order valence-electron chi connectivity index (χ4n) is 2.24. The van der Waals surface area contributed by atoms with E-state index in [1.54, 1.807) is 24.3 Å². The third-order valence-electron chi connectivity index (χ3n) is 4.02. The molecule has 2 aliphatic rings. The van der Waals surface area contributed by atoms with Gasteiger partial charge in [-0.15, -0.1) is 12.4 Å². The monoisotopic (exact) mass is 309 g/mol. The number of anilines is 1. The molecule has 1 aromatic rings. The summed E-state index contributed by atoms with van der Waals surface area (Å²) in [6, 6.07) is 7.26. The predicted octanol–water partition coefficient (Wildman–Crippen LogP) is 1.82. The zero-order valence-electron chi connectivity index (χ0n) is 11.7. The molecule has 0 aliphatic heterocycles. The van der Waals surface area contributed by atoms with Crippen molar-refractivity contribution in [2.45, 2.75) is 43.7 Å². The van der Waals surface area contributed by atoms with Crippen molar-refractivity contribution in [1.29, 1.82) is 0 Å². The van der Waals surface area contributed by atoms with E-state index >= 15 is 0 Å². The summed E-state index contributed by atoms with van der Waals surface area (Å²) in [6.07, 6.45) is 4.61. The smallest absolute Gasteiger partial charge is 0.251 e. The highest BCUT2D eigenvalue weighted by Gasteiger charge is 2.40. The second-order valence-corrected chi connectivity index (χ2v) is 5.79. The number of nitrogens with one attached hydrogen (secondary N) is 2. The molecule has 0 saturated heterocycles. The van der Waals surface area contributed by atoms with Gasteiger partial charge in [-0.1, -0.05) is 0 Å². The van der Waals surface area contributed by atoms with Gasteiger partial charge in [0.05, 0.1) is 5.54 Å². The molecule has 2 saturated carbocycles. The van der Waals surface area contributed by atoms with Crippen molar-refractivity contribution in [2.24, 2.45) is 5.73 Å². The first-order valence-corrected chi connectivity index (χ1v) is 7.08. The van der Waals surface area contributed by atoms with Crippen LogP contribution in [-0.2, 0) is 4.79 Å². The molecule has 0 atom stereocenters. The van der Waals surface area contributed by atoms with Crippen LogP contribution in [0.25, 0.3) is 0 Å². The van der Waals surface area contributed by atoms with E-state index in [2.05, 4.69) is 10.6 Å². The number of amides is 2. The number of halogens is 1. The lowest BCUT2D eigenvalue weighted by Gasteiger charge is -2.36. The van der Waals surface area contributed by atoms with Gasteiger partial charge in [-0.05, 0) is 56.4 Å². The topological polar surface area (TPSA) is 84.2 Å². The largest absolute Gasteiger partial charge is 0.349 e. The summed E-state index contributed by atoms with van der Waals surface area (Å²) in [4.78, 5) is 23.8. The SMILES string of the molecule is Cl.NC1(C(=O)Nc2ccc(C(=O)NC3CC3)cc2)CCC1. The summed E-state index contributed by atoms with van der Waals surface area (Å²) < 4.78 is 0. The predicted molar refractivity (Wildman–Crippen MR) is 83.6 cm³/mol. The summed E-state index contributed by atoms with van der Waals surface area (Å²) in [6.45, 7) is 0. The van der Waals surface area contributed by atoms with Crippen molar-refractivity contribution in [3.05, 3.63) is 29.8 Å². The molecule has 0 bridgehead atoms. The zero-order valence-corrected chi connectivity index (χ0v) is 12.5. The Balaban J connectivity index is 0.00000161. The molecule has 4 N–H and O–H groups in total. The number of hydrogen-bond donors (Lipinski definition) is 3. The molecule has 0 unspecified atom stereocenters. The van der Waals surface area contributed by atoms with Crippen molar-refractivity contribution in [1.82, 2.24) is 5.32 Å². The van der Waals surface area contributed by atoms with E-state index in [-0.39, 0.29) is 24.2 Å². The maximum atomic E-state index is 12.0. The molecule has 2 fully saturated rings. The van der Waals surface area contributed by atoms with Crippen molar-refractivity contribution in [3.8, 4) is 0 Å². The minimum Gasteiger partial charge on any atom is -0.349 e. The Morgan fingerprint density at radius 3 is 2.24 bits per heavy atom. The van der Waals surface area contributed by atoms with Crippen LogP contribution in [0.4, 0.5) is 5.69 Å². The van der Waals surface area contributed by atoms with Crippen LogP contribution in [0.5, 0.6) is 0 Å². The van der Waals surface area contributed by atoms with Gasteiger partial charge in [0.1, 0.15) is 0 Å². The molecule has 0 spiro atoms. The molecule has 3 rings (SSSR count). The van der Waals surface area contributed by atoms with Crippen LogP contribution < -0.4 is 16.4 Å². The minimum atomic E-state index is -0.706. The lowest BCUT2D eigenvalue weighted by atomic mass is 9.77. The van der Waals surface area contributed by atoms with E-state index in [1.807, 2.05) is 0 Å². The summed E-state index contributed by atoms with van der Waals surface area (Å²) in [5.74, 6) is -0.196. The summed E-state index contributed by atoms with van der Waals surface area (Å²) in [7, 11) is 0. The molecule has 1 aromatic carbocycles. The van der Waals surface area contributed by atoms with Crippen LogP contribution in [-0.4, -0.2) is 23.4 Å². The van der Waals surface area contributed by atoms with Crippen LogP contribution in [0, 0.1) is 0 Å². The second-order valence-electron chi connectivity index (χ2n) is 5.79. The average Bonchev–Trinajstić information content (AvgIpc) is 3.20. The lowest BCUT2D eigenvalue weighted by molar-refractivity contribution is -0.123. The number of carbonyl (C=O) groups excluding carboxylic acids is 2. The Bertz CT molecular complexity index is 536. The van der Waals surface area contributed by atoms with Gasteiger partial charge in [0.25, 0.3) is 5.91 Å². The Labute approximate surface area is 130 Å². The molecule has 2 aliphatic carbocycles. The van der Waals surface area contributed by atoms with E-state index < -0.39 is 5.54 Å². The zero-order chi connectivity index (χ0) is 14.2. The molecule has 5 nitrogen and oxygen atoms in total. The highest BCUT2D eigenvalue weighted by atomic mass is 35.5. The highest BCUT2D eigenvalue weighted by molar-refractivity contribution is 5.99. The Hall–Kier alpha value is -1.59. The molecular formula is C15H20ClN3O2. The Morgan fingerprint density at radius 2 is 1.76 bits per heavy atom. The minimum absolute atomic E-state index is 0. The van der Waals surface area contributed by atoms with E-state index in [1.165, 1.54) is 0 Å². The maximum absolute atomic E-state index is 12.0. The fourth-order valence-corrected chi connectivity index (χ4v) is 2.24. The molecule has 0 heterocycles. The van der Waals surface area contributed by atoms with Crippen molar-refractivity contribution in [3.63, 3.8) is 0 Å². The Morgan fingerprint density at radius 1 is 1.14 bits per heavy atom. The van der Waals surface area contributed by atoms with Crippen LogP contribution in [0.2, 0.25) is 0 Å². The van der Waals surface area contributed by atoms with Gasteiger partial charge in [0.2, 0.25) is 5.91 Å². The van der Waals surface area contributed by atoms with E-state index in [9.17, 15) is 9.59 Å². The third kappa shape index (κ3) is 3.54. The van der Waals surface area contributed by atoms with E-state index in [0.717, 1.165) is 32.1 Å². The van der Waals surface area contributed by atoms with Gasteiger partial charge < -0.3 is 16.4 Å². The molecule has 0 radical (unpaired) electrons. The number of hydrogen-bond acceptors (Lipinski definition) is 3.